The van der Waals surface area contributed by atoms with E-state index in [9.17, 15) is 18.5 Å². The van der Waals surface area contributed by atoms with E-state index >= 15 is 0 Å². The third kappa shape index (κ3) is 3.56. The topological polar surface area (TPSA) is 115 Å². The number of para-hydroxylation sites is 1. The van der Waals surface area contributed by atoms with Crippen molar-refractivity contribution < 1.29 is 17.9 Å². The van der Waals surface area contributed by atoms with Crippen LogP contribution in [0.25, 0.3) is 0 Å². The minimum absolute atomic E-state index is 0.0160. The number of aryl methyl sites for hydroxylation is 2. The van der Waals surface area contributed by atoms with Crippen LogP contribution in [0.3, 0.4) is 0 Å². The van der Waals surface area contributed by atoms with Crippen LogP contribution in [0.4, 0.5) is 11.4 Å². The molecule has 0 aliphatic rings. The second-order valence-corrected chi connectivity index (χ2v) is 7.69. The van der Waals surface area contributed by atoms with E-state index in [4.69, 9.17) is 4.52 Å². The summed E-state index contributed by atoms with van der Waals surface area (Å²) in [4.78, 5) is 10.4. The quantitative estimate of drug-likeness (QED) is 0.627. The van der Waals surface area contributed by atoms with E-state index in [0.717, 1.165) is 17.5 Å². The van der Waals surface area contributed by atoms with Crippen LogP contribution in [0.15, 0.2) is 27.6 Å². The minimum Gasteiger partial charge on any atom is -0.379 e. The number of sulfone groups is 1. The molecule has 2 rings (SSSR count). The Bertz CT molecular complexity index is 854. The zero-order chi connectivity index (χ0) is 18.1. The number of nitrogens with zero attached hydrogens (tertiary/aromatic N) is 2. The number of hydrogen-bond acceptors (Lipinski definition) is 7. The molecule has 0 fully saturated rings. The molecule has 1 N–H and O–H groups in total. The molecule has 0 aliphatic carbocycles. The maximum absolute atomic E-state index is 11.8. The van der Waals surface area contributed by atoms with E-state index in [1.807, 2.05) is 13.8 Å². The lowest BCUT2D eigenvalue weighted by Gasteiger charge is -2.14. The monoisotopic (exact) mass is 353 g/mol. The van der Waals surface area contributed by atoms with E-state index < -0.39 is 20.4 Å². The van der Waals surface area contributed by atoms with Crippen LogP contribution >= 0.6 is 0 Å². The second-order valence-electron chi connectivity index (χ2n) is 5.70. The van der Waals surface area contributed by atoms with Gasteiger partial charge in [0.25, 0.3) is 0 Å². The predicted molar refractivity (Wildman–Crippen MR) is 89.1 cm³/mol. The Hall–Kier alpha value is -2.42. The van der Waals surface area contributed by atoms with Gasteiger partial charge in [-0.05, 0) is 26.0 Å². The summed E-state index contributed by atoms with van der Waals surface area (Å²) in [6.07, 6.45) is 0.950. The molecule has 1 aromatic heterocycles. The van der Waals surface area contributed by atoms with Gasteiger partial charge in [0.2, 0.25) is 0 Å². The van der Waals surface area contributed by atoms with Crippen molar-refractivity contribution in [3.05, 3.63) is 45.3 Å². The summed E-state index contributed by atoms with van der Waals surface area (Å²) in [6.45, 7) is 5.94. The number of nitro benzene ring substituents is 1. The Balaban J connectivity index is 2.32. The smallest absolute Gasteiger partial charge is 0.310 e. The minimum atomic E-state index is -3.70. The fraction of sp³-hybridized carbons (Fsp3) is 0.400. The molecule has 1 heterocycles. The molecule has 0 amide bonds. The van der Waals surface area contributed by atoms with Crippen molar-refractivity contribution in [2.24, 2.45) is 0 Å². The first-order valence-corrected chi connectivity index (χ1v) is 9.16. The normalized spacial score (nSPS) is 12.8. The van der Waals surface area contributed by atoms with Gasteiger partial charge in [-0.3, -0.25) is 10.1 Å². The summed E-state index contributed by atoms with van der Waals surface area (Å²) < 4.78 is 28.7. The van der Waals surface area contributed by atoms with E-state index in [1.54, 1.807) is 6.92 Å². The Morgan fingerprint density at radius 3 is 2.54 bits per heavy atom. The third-order valence-corrected chi connectivity index (χ3v) is 4.89. The zero-order valence-corrected chi connectivity index (χ0v) is 14.7. The summed E-state index contributed by atoms with van der Waals surface area (Å²) in [5.41, 5.74) is 1.43. The number of anilines is 1. The zero-order valence-electron chi connectivity index (χ0n) is 13.9. The Kier molecular flexibility index (Phi) is 4.93. The van der Waals surface area contributed by atoms with Crippen molar-refractivity contribution in [2.45, 2.75) is 31.6 Å². The maximum Gasteiger partial charge on any atom is 0.310 e. The largest absolute Gasteiger partial charge is 0.379 e. The van der Waals surface area contributed by atoms with Crippen LogP contribution < -0.4 is 5.32 Å². The molecule has 2 aromatic rings. The van der Waals surface area contributed by atoms with Crippen molar-refractivity contribution in [3.8, 4) is 0 Å². The summed E-state index contributed by atoms with van der Waals surface area (Å²) in [5.74, 6) is 0.680. The van der Waals surface area contributed by atoms with Crippen LogP contribution in [0, 0.1) is 24.0 Å². The first kappa shape index (κ1) is 17.9. The number of nitro groups is 1. The molecular weight excluding hydrogens is 334 g/mol. The number of hydrogen-bond donors (Lipinski definition) is 1. The lowest BCUT2D eigenvalue weighted by atomic mass is 9.99. The van der Waals surface area contributed by atoms with Crippen molar-refractivity contribution in [1.29, 1.82) is 0 Å². The molecule has 0 saturated carbocycles. The van der Waals surface area contributed by atoms with Gasteiger partial charge < -0.3 is 9.84 Å². The number of nitrogens with one attached hydrogen (secondary N) is 1. The van der Waals surface area contributed by atoms with Gasteiger partial charge in [0, 0.05) is 24.3 Å². The number of rotatable bonds is 6. The van der Waals surface area contributed by atoms with Crippen LogP contribution in [0.1, 0.15) is 29.9 Å². The standard InChI is InChI=1S/C15H19N3O5S/c1-9(14-10(2)17-23-11(14)3)8-16-12-6-5-7-13(24(4,21)22)15(12)18(19)20/h5-7,9,16H,8H2,1-4H3. The highest BCUT2D eigenvalue weighted by Crippen LogP contribution is 2.33. The second kappa shape index (κ2) is 6.60. The summed E-state index contributed by atoms with van der Waals surface area (Å²) in [7, 11) is -3.70. The predicted octanol–water partition coefficient (Wildman–Crippen LogP) is 2.82. The van der Waals surface area contributed by atoms with Crippen molar-refractivity contribution in [3.63, 3.8) is 0 Å². The van der Waals surface area contributed by atoms with Crippen LogP contribution in [-0.4, -0.2) is 31.3 Å². The molecule has 0 saturated heterocycles. The highest BCUT2D eigenvalue weighted by Gasteiger charge is 2.26. The molecule has 0 aliphatic heterocycles. The molecule has 130 valence electrons. The first-order chi connectivity index (χ1) is 11.1. The average molecular weight is 353 g/mol. The lowest BCUT2D eigenvalue weighted by Crippen LogP contribution is -2.13. The molecule has 24 heavy (non-hydrogen) atoms. The Morgan fingerprint density at radius 2 is 2.04 bits per heavy atom. The summed E-state index contributed by atoms with van der Waals surface area (Å²) in [6, 6.07) is 4.20. The van der Waals surface area contributed by atoms with E-state index in [0.29, 0.717) is 12.3 Å². The van der Waals surface area contributed by atoms with Gasteiger partial charge >= 0.3 is 5.69 Å². The fourth-order valence-electron chi connectivity index (χ4n) is 2.71. The molecule has 0 spiro atoms. The third-order valence-electron chi connectivity index (χ3n) is 3.76. The van der Waals surface area contributed by atoms with Crippen molar-refractivity contribution in [1.82, 2.24) is 5.16 Å². The molecule has 0 bridgehead atoms. The van der Waals surface area contributed by atoms with Crippen LogP contribution in [0.5, 0.6) is 0 Å². The molecule has 1 aromatic carbocycles. The number of benzene rings is 1. The van der Waals surface area contributed by atoms with Gasteiger partial charge in [-0.15, -0.1) is 0 Å². The van der Waals surface area contributed by atoms with E-state index in [2.05, 4.69) is 10.5 Å². The first-order valence-electron chi connectivity index (χ1n) is 7.27. The van der Waals surface area contributed by atoms with E-state index in [1.165, 1.54) is 18.2 Å². The fourth-order valence-corrected chi connectivity index (χ4v) is 3.57. The average Bonchev–Trinajstić information content (AvgIpc) is 2.82. The highest BCUT2D eigenvalue weighted by molar-refractivity contribution is 7.90. The molecule has 9 heteroatoms. The lowest BCUT2D eigenvalue weighted by molar-refractivity contribution is -0.386. The SMILES string of the molecule is Cc1noc(C)c1C(C)CNc1cccc(S(C)(=O)=O)c1[N+](=O)[O-]. The summed E-state index contributed by atoms with van der Waals surface area (Å²) >= 11 is 0. The Labute approximate surface area is 139 Å². The van der Waals surface area contributed by atoms with Crippen molar-refractivity contribution in [2.75, 3.05) is 18.1 Å². The van der Waals surface area contributed by atoms with Gasteiger partial charge in [-0.1, -0.05) is 18.1 Å². The van der Waals surface area contributed by atoms with Gasteiger partial charge in [-0.2, -0.15) is 0 Å². The van der Waals surface area contributed by atoms with Gasteiger partial charge in [0.05, 0.1) is 10.6 Å². The molecule has 1 unspecified atom stereocenters. The molecular formula is C15H19N3O5S. The molecule has 0 radical (unpaired) electrons. The maximum atomic E-state index is 11.8. The Morgan fingerprint density at radius 1 is 1.38 bits per heavy atom. The van der Waals surface area contributed by atoms with Crippen LogP contribution in [-0.2, 0) is 9.84 Å². The highest BCUT2D eigenvalue weighted by atomic mass is 32.2. The van der Waals surface area contributed by atoms with E-state index in [-0.39, 0.29) is 16.5 Å². The van der Waals surface area contributed by atoms with Gasteiger partial charge in [0.15, 0.2) is 9.84 Å². The van der Waals surface area contributed by atoms with Crippen LogP contribution in [0.2, 0.25) is 0 Å². The molecule has 8 nitrogen and oxygen atoms in total. The van der Waals surface area contributed by atoms with Crippen molar-refractivity contribution >= 4 is 21.2 Å². The van der Waals surface area contributed by atoms with Gasteiger partial charge in [0.1, 0.15) is 16.3 Å². The van der Waals surface area contributed by atoms with Gasteiger partial charge in [-0.25, -0.2) is 8.42 Å². The summed E-state index contributed by atoms with van der Waals surface area (Å²) in [5, 5.41) is 18.2. The molecule has 1 atom stereocenters. The number of aromatic nitrogens is 1.